The summed E-state index contributed by atoms with van der Waals surface area (Å²) >= 11 is 0. The molecule has 2 amide bonds. The summed E-state index contributed by atoms with van der Waals surface area (Å²) in [5.74, 6) is -1.51. The van der Waals surface area contributed by atoms with Crippen LogP contribution in [0.3, 0.4) is 0 Å². The van der Waals surface area contributed by atoms with Crippen molar-refractivity contribution in [1.29, 1.82) is 0 Å². The third-order valence-corrected chi connectivity index (χ3v) is 6.33. The highest BCUT2D eigenvalue weighted by molar-refractivity contribution is 7.92. The molecule has 0 radical (unpaired) electrons. The van der Waals surface area contributed by atoms with Crippen LogP contribution < -0.4 is 9.62 Å². The zero-order valence-electron chi connectivity index (χ0n) is 19.8. The van der Waals surface area contributed by atoms with Crippen LogP contribution in [0.25, 0.3) is 0 Å². The van der Waals surface area contributed by atoms with Crippen LogP contribution in [0.4, 0.5) is 10.1 Å². The van der Waals surface area contributed by atoms with Crippen molar-refractivity contribution in [1.82, 2.24) is 10.2 Å². The lowest BCUT2D eigenvalue weighted by molar-refractivity contribution is -0.139. The molecule has 0 aromatic heterocycles. The highest BCUT2D eigenvalue weighted by Crippen LogP contribution is 2.22. The van der Waals surface area contributed by atoms with Gasteiger partial charge in [-0.25, -0.2) is 12.8 Å². The van der Waals surface area contributed by atoms with Crippen molar-refractivity contribution in [3.63, 3.8) is 0 Å². The Balaban J connectivity index is 2.42. The molecule has 1 atom stereocenters. The van der Waals surface area contributed by atoms with Crippen LogP contribution >= 0.6 is 0 Å². The molecule has 0 spiro atoms. The van der Waals surface area contributed by atoms with Crippen molar-refractivity contribution in [3.8, 4) is 0 Å². The first-order chi connectivity index (χ1) is 15.4. The topological polar surface area (TPSA) is 86.8 Å². The first-order valence-corrected chi connectivity index (χ1v) is 12.7. The zero-order valence-corrected chi connectivity index (χ0v) is 20.6. The summed E-state index contributed by atoms with van der Waals surface area (Å²) < 4.78 is 40.5. The van der Waals surface area contributed by atoms with Gasteiger partial charge in [0.2, 0.25) is 21.8 Å². The maximum Gasteiger partial charge on any atom is 0.244 e. The van der Waals surface area contributed by atoms with Gasteiger partial charge in [-0.2, -0.15) is 0 Å². The molecular formula is C24H32FN3O4S. The quantitative estimate of drug-likeness (QED) is 0.570. The van der Waals surface area contributed by atoms with Crippen molar-refractivity contribution in [2.75, 3.05) is 23.7 Å². The smallest absolute Gasteiger partial charge is 0.244 e. The summed E-state index contributed by atoms with van der Waals surface area (Å²) in [5.41, 5.74) is 2.29. The van der Waals surface area contributed by atoms with Crippen molar-refractivity contribution >= 4 is 27.5 Å². The summed E-state index contributed by atoms with van der Waals surface area (Å²) in [6, 6.07) is 10.3. The molecule has 0 fully saturated rings. The maximum absolute atomic E-state index is 14.3. The van der Waals surface area contributed by atoms with Crippen LogP contribution in [0.1, 0.15) is 37.0 Å². The van der Waals surface area contributed by atoms with Crippen LogP contribution in [0, 0.1) is 19.7 Å². The molecule has 33 heavy (non-hydrogen) atoms. The number of carbonyl (C=O) groups excluding carboxylic acids is 2. The Morgan fingerprint density at radius 2 is 1.70 bits per heavy atom. The first-order valence-electron chi connectivity index (χ1n) is 10.8. The molecule has 180 valence electrons. The van der Waals surface area contributed by atoms with Gasteiger partial charge in [-0.15, -0.1) is 0 Å². The maximum atomic E-state index is 14.3. The van der Waals surface area contributed by atoms with E-state index in [1.165, 1.54) is 23.1 Å². The molecule has 0 aliphatic rings. The molecule has 2 rings (SSSR count). The van der Waals surface area contributed by atoms with Crippen LogP contribution in [-0.2, 0) is 26.2 Å². The summed E-state index contributed by atoms with van der Waals surface area (Å²) in [7, 11) is -3.81. The van der Waals surface area contributed by atoms with E-state index in [9.17, 15) is 22.4 Å². The molecule has 1 unspecified atom stereocenters. The Morgan fingerprint density at radius 1 is 1.09 bits per heavy atom. The van der Waals surface area contributed by atoms with Gasteiger partial charge >= 0.3 is 0 Å². The summed E-state index contributed by atoms with van der Waals surface area (Å²) in [4.78, 5) is 27.2. The fourth-order valence-corrected chi connectivity index (χ4v) is 4.33. The van der Waals surface area contributed by atoms with Gasteiger partial charge in [0.05, 0.1) is 11.9 Å². The first kappa shape index (κ1) is 26.3. The summed E-state index contributed by atoms with van der Waals surface area (Å²) in [6.45, 7) is 6.88. The molecule has 0 bridgehead atoms. The lowest BCUT2D eigenvalue weighted by Gasteiger charge is -2.31. The second kappa shape index (κ2) is 11.3. The number of sulfonamides is 1. The third-order valence-electron chi connectivity index (χ3n) is 5.19. The average Bonchev–Trinajstić information content (AvgIpc) is 2.73. The molecule has 0 heterocycles. The molecular weight excluding hydrogens is 445 g/mol. The van der Waals surface area contributed by atoms with Gasteiger partial charge in [0.25, 0.3) is 0 Å². The normalized spacial score (nSPS) is 12.2. The van der Waals surface area contributed by atoms with E-state index in [0.29, 0.717) is 18.7 Å². The Hall–Kier alpha value is -2.94. The van der Waals surface area contributed by atoms with E-state index in [2.05, 4.69) is 5.32 Å². The number of hydrogen-bond donors (Lipinski definition) is 1. The van der Waals surface area contributed by atoms with E-state index in [0.717, 1.165) is 21.7 Å². The van der Waals surface area contributed by atoms with Gasteiger partial charge in [0, 0.05) is 18.7 Å². The largest absolute Gasteiger partial charge is 0.354 e. The number of rotatable bonds is 10. The second-order valence-corrected chi connectivity index (χ2v) is 10.1. The van der Waals surface area contributed by atoms with E-state index < -0.39 is 34.3 Å². The molecule has 9 heteroatoms. The van der Waals surface area contributed by atoms with Gasteiger partial charge in [0.15, 0.2) is 0 Å². The molecule has 7 nitrogen and oxygen atoms in total. The van der Waals surface area contributed by atoms with E-state index in [1.54, 1.807) is 25.1 Å². The van der Waals surface area contributed by atoms with E-state index in [1.807, 2.05) is 26.8 Å². The Morgan fingerprint density at radius 3 is 2.24 bits per heavy atom. The van der Waals surface area contributed by atoms with Gasteiger partial charge in [-0.05, 0) is 56.5 Å². The van der Waals surface area contributed by atoms with Gasteiger partial charge in [0.1, 0.15) is 18.4 Å². The minimum atomic E-state index is -3.81. The monoisotopic (exact) mass is 477 g/mol. The number of nitrogens with zero attached hydrogens (tertiary/aromatic N) is 2. The van der Waals surface area contributed by atoms with Crippen molar-refractivity contribution in [2.45, 2.75) is 46.7 Å². The van der Waals surface area contributed by atoms with Gasteiger partial charge < -0.3 is 10.2 Å². The second-order valence-electron chi connectivity index (χ2n) is 8.20. The van der Waals surface area contributed by atoms with Crippen molar-refractivity contribution < 1.29 is 22.4 Å². The molecule has 0 saturated heterocycles. The number of halogens is 1. The zero-order chi connectivity index (χ0) is 24.8. The molecule has 0 aliphatic heterocycles. The predicted octanol–water partition coefficient (Wildman–Crippen LogP) is 3.15. The molecule has 1 N–H and O–H groups in total. The number of aryl methyl sites for hydroxylation is 2. The highest BCUT2D eigenvalue weighted by Gasteiger charge is 2.30. The Bertz CT molecular complexity index is 1080. The van der Waals surface area contributed by atoms with E-state index in [-0.39, 0.29) is 18.0 Å². The summed E-state index contributed by atoms with van der Waals surface area (Å²) in [6.07, 6.45) is 1.74. The van der Waals surface area contributed by atoms with Crippen molar-refractivity contribution in [3.05, 3.63) is 65.0 Å². The van der Waals surface area contributed by atoms with Gasteiger partial charge in [-0.3, -0.25) is 13.9 Å². The van der Waals surface area contributed by atoms with Crippen LogP contribution in [0.15, 0.2) is 42.5 Å². The fourth-order valence-electron chi connectivity index (χ4n) is 3.50. The summed E-state index contributed by atoms with van der Waals surface area (Å²) in [5, 5.41) is 2.74. The van der Waals surface area contributed by atoms with Gasteiger partial charge in [-0.1, -0.05) is 31.2 Å². The molecule has 2 aromatic carbocycles. The fraction of sp³-hybridized carbons (Fsp3) is 0.417. The molecule has 2 aromatic rings. The Kier molecular flexibility index (Phi) is 8.99. The van der Waals surface area contributed by atoms with Crippen molar-refractivity contribution in [2.24, 2.45) is 0 Å². The molecule has 0 saturated carbocycles. The van der Waals surface area contributed by atoms with E-state index in [4.69, 9.17) is 0 Å². The minimum Gasteiger partial charge on any atom is -0.354 e. The lowest BCUT2D eigenvalue weighted by Crippen LogP contribution is -2.51. The van der Waals surface area contributed by atoms with E-state index >= 15 is 0 Å². The van der Waals surface area contributed by atoms with Crippen LogP contribution in [-0.4, -0.2) is 50.5 Å². The lowest BCUT2D eigenvalue weighted by atomic mass is 10.1. The number of nitrogens with one attached hydrogen (secondary N) is 1. The number of hydrogen-bond acceptors (Lipinski definition) is 4. The van der Waals surface area contributed by atoms with Crippen LogP contribution in [0.2, 0.25) is 0 Å². The number of anilines is 1. The third kappa shape index (κ3) is 7.28. The molecule has 0 aliphatic carbocycles. The van der Waals surface area contributed by atoms with Crippen LogP contribution in [0.5, 0.6) is 0 Å². The Labute approximate surface area is 195 Å². The number of carbonyl (C=O) groups is 2. The minimum absolute atomic E-state index is 0.170. The SMILES string of the molecule is CCCNC(=O)C(C)N(Cc1ccccc1F)C(=O)CN(c1cc(C)cc(C)c1)S(C)(=O)=O. The number of benzene rings is 2. The average molecular weight is 478 g/mol. The number of amides is 2. The standard InChI is InChI=1S/C24H32FN3O4S/c1-6-11-26-24(30)19(4)27(15-20-9-7-8-10-22(20)25)23(29)16-28(33(5,31)32)21-13-17(2)12-18(3)14-21/h7-10,12-14,19H,6,11,15-16H2,1-5H3,(H,26,30). The predicted molar refractivity (Wildman–Crippen MR) is 128 cm³/mol. The highest BCUT2D eigenvalue weighted by atomic mass is 32.2.